The summed E-state index contributed by atoms with van der Waals surface area (Å²) in [6, 6.07) is 3.88. The van der Waals surface area contributed by atoms with Gasteiger partial charge in [-0.05, 0) is 42.9 Å². The monoisotopic (exact) mass is 1120 g/mol. The molecule has 78 heavy (non-hydrogen) atoms. The van der Waals surface area contributed by atoms with Gasteiger partial charge in [0.25, 0.3) is 5.91 Å². The average Bonchev–Trinajstić information content (AvgIpc) is 4.17. The predicted octanol–water partition coefficient (Wildman–Crippen LogP) is -3.70. The molecule has 6 rings (SSSR count). The number of aromatic amines is 1. The van der Waals surface area contributed by atoms with Crippen LogP contribution in [0.2, 0.25) is 0 Å². The molecule has 3 aliphatic heterocycles. The standard InChI is InChI=1S/C48H62N16O12S2/c49-40(69)35-22-77-78-23-36(57-37(65)21-64-38(66)20-55-48(64)76)46(75)59-31(12-13-39(67)68)42(71)62-34(17-27-19-52-24-56-27)45(74)60-32(15-25-7-2-1-3-8-25)43(72)58-30(11-6-14-53-47(50)51)41(70)61-33(44(73)63-35)16-26-18-54-29-10-5-4-9-28(26)29/h1-5,7-10,18,24,27,30-36,54H,6,11-17,19-23H2,(H2,49,69)(H,52,56)(H,55,76)(H,57,65)(H,58,72)(H,59,75)(H,60,74)(H,61,70)(H,62,71)(H,63,73)(H,67,68)(H4,50,51,53)/t27?,30-,31-,32+,33-,34-,35-,36-/m0/s1. The Kier molecular flexibility index (Phi) is 21.6. The fraction of sp³-hybridized carbons (Fsp3) is 0.438. The first-order chi connectivity index (χ1) is 37.3. The second-order valence-electron chi connectivity index (χ2n) is 18.4. The molecule has 0 saturated carbocycles. The highest BCUT2D eigenvalue weighted by Crippen LogP contribution is 2.24. The van der Waals surface area contributed by atoms with E-state index in [1.807, 2.05) is 0 Å². The number of amides is 11. The lowest BCUT2D eigenvalue weighted by atomic mass is 10.0. The first kappa shape index (κ1) is 58.8. The Hall–Kier alpha value is -8.41. The summed E-state index contributed by atoms with van der Waals surface area (Å²) in [4.78, 5) is 158. The molecule has 3 aliphatic rings. The number of fused-ring (bicyclic) bond motifs is 1. The summed E-state index contributed by atoms with van der Waals surface area (Å²) in [6.45, 7) is -0.919. The molecule has 2 aromatic carbocycles. The van der Waals surface area contributed by atoms with Gasteiger partial charge in [0.15, 0.2) is 5.96 Å². The van der Waals surface area contributed by atoms with Crippen molar-refractivity contribution in [1.29, 1.82) is 5.41 Å². The van der Waals surface area contributed by atoms with E-state index in [2.05, 4.69) is 63.1 Å². The first-order valence-electron chi connectivity index (χ1n) is 24.7. The summed E-state index contributed by atoms with van der Waals surface area (Å²) in [5.74, 6) is -10.5. The van der Waals surface area contributed by atoms with E-state index in [0.717, 1.165) is 27.1 Å². The number of H-pyrrole nitrogens is 1. The number of aliphatic imine (C=N–C) groups is 1. The molecule has 0 spiro atoms. The minimum Gasteiger partial charge on any atom is -0.481 e. The van der Waals surface area contributed by atoms with E-state index in [4.69, 9.17) is 16.9 Å². The van der Waals surface area contributed by atoms with E-state index in [0.29, 0.717) is 21.4 Å². The lowest BCUT2D eigenvalue weighted by Gasteiger charge is -2.28. The van der Waals surface area contributed by atoms with E-state index in [1.165, 1.54) is 6.34 Å². The molecule has 1 unspecified atom stereocenters. The van der Waals surface area contributed by atoms with Gasteiger partial charge in [0.1, 0.15) is 48.8 Å². The Morgan fingerprint density at radius 2 is 1.36 bits per heavy atom. The van der Waals surface area contributed by atoms with Crippen LogP contribution >= 0.6 is 21.6 Å². The van der Waals surface area contributed by atoms with Crippen LogP contribution in [0.25, 0.3) is 10.9 Å². The Morgan fingerprint density at radius 3 is 2.03 bits per heavy atom. The number of aliphatic carboxylic acids is 1. The topological polar surface area (TPSA) is 436 Å². The maximum atomic E-state index is 14.7. The number of nitrogens with two attached hydrogens (primary N) is 2. The highest BCUT2D eigenvalue weighted by atomic mass is 33.1. The molecule has 418 valence electrons. The number of urea groups is 1. The largest absolute Gasteiger partial charge is 0.481 e. The van der Waals surface area contributed by atoms with Crippen molar-refractivity contribution in [2.45, 2.75) is 93.3 Å². The van der Waals surface area contributed by atoms with Crippen molar-refractivity contribution in [1.82, 2.24) is 63.1 Å². The summed E-state index contributed by atoms with van der Waals surface area (Å²) in [6.07, 6.45) is 1.48. The average molecular weight is 1120 g/mol. The third-order valence-corrected chi connectivity index (χ3v) is 15.0. The minimum absolute atomic E-state index is 0.0913. The lowest BCUT2D eigenvalue weighted by molar-refractivity contribution is -0.138. The van der Waals surface area contributed by atoms with Crippen LogP contribution in [-0.4, -0.2) is 178 Å². The van der Waals surface area contributed by atoms with Gasteiger partial charge in [0, 0.05) is 60.5 Å². The lowest BCUT2D eigenvalue weighted by Crippen LogP contribution is -2.61. The normalized spacial score (nSPS) is 24.1. The number of hydrogen-bond donors (Lipinski definition) is 15. The number of para-hydroxylation sites is 1. The van der Waals surface area contributed by atoms with Gasteiger partial charge in [-0.3, -0.25) is 63.2 Å². The van der Waals surface area contributed by atoms with Crippen LogP contribution in [0.3, 0.4) is 0 Å². The zero-order chi connectivity index (χ0) is 56.3. The number of benzene rings is 2. The van der Waals surface area contributed by atoms with E-state index < -0.39 is 133 Å². The van der Waals surface area contributed by atoms with Crippen LogP contribution in [0.4, 0.5) is 4.79 Å². The molecule has 3 aromatic rings. The highest BCUT2D eigenvalue weighted by molar-refractivity contribution is 8.76. The van der Waals surface area contributed by atoms with E-state index >= 15 is 0 Å². The van der Waals surface area contributed by atoms with Crippen LogP contribution in [0.5, 0.6) is 0 Å². The van der Waals surface area contributed by atoms with E-state index in [-0.39, 0.29) is 69.2 Å². The smallest absolute Gasteiger partial charge is 0.325 e. The minimum atomic E-state index is -1.67. The maximum Gasteiger partial charge on any atom is 0.325 e. The zero-order valence-corrected chi connectivity index (χ0v) is 43.6. The molecular formula is C48H62N16O12S2. The molecule has 0 aliphatic carbocycles. The molecule has 0 bridgehead atoms. The molecule has 28 nitrogen and oxygen atoms in total. The van der Waals surface area contributed by atoms with Gasteiger partial charge in [0.05, 0.1) is 19.4 Å². The molecular weight excluding hydrogens is 1060 g/mol. The number of carbonyl (C=O) groups excluding carboxylic acids is 10. The number of nitrogens with zero attached hydrogens (tertiary/aromatic N) is 2. The summed E-state index contributed by atoms with van der Waals surface area (Å²) >= 11 is 0. The zero-order valence-electron chi connectivity index (χ0n) is 42.0. The van der Waals surface area contributed by atoms with Crippen molar-refractivity contribution in [3.8, 4) is 0 Å². The molecule has 30 heteroatoms. The Balaban J connectivity index is 1.39. The Labute approximate surface area is 454 Å². The summed E-state index contributed by atoms with van der Waals surface area (Å²) < 4.78 is 0. The molecule has 17 N–H and O–H groups in total. The fourth-order valence-electron chi connectivity index (χ4n) is 8.42. The van der Waals surface area contributed by atoms with Crippen molar-refractivity contribution in [3.05, 3.63) is 71.9 Å². The van der Waals surface area contributed by atoms with Gasteiger partial charge < -0.3 is 74.7 Å². The number of carboxylic acids is 1. The number of primary amides is 1. The number of nitrogens with one attached hydrogen (secondary N) is 12. The number of hydrogen-bond acceptors (Lipinski definition) is 16. The van der Waals surface area contributed by atoms with Gasteiger partial charge in [-0.15, -0.1) is 0 Å². The predicted molar refractivity (Wildman–Crippen MR) is 286 cm³/mol. The number of carbonyl (C=O) groups is 11. The number of carboxylic acid groups (broad SMARTS) is 1. The molecule has 8 atom stereocenters. The summed E-state index contributed by atoms with van der Waals surface area (Å²) in [5.41, 5.74) is 13.2. The summed E-state index contributed by atoms with van der Waals surface area (Å²) in [7, 11) is 1.83. The number of aromatic nitrogens is 1. The third-order valence-electron chi connectivity index (χ3n) is 12.5. The van der Waals surface area contributed by atoms with Crippen molar-refractivity contribution < 1.29 is 57.8 Å². The van der Waals surface area contributed by atoms with Gasteiger partial charge in [-0.25, -0.2) is 4.79 Å². The quantitative estimate of drug-likeness (QED) is 0.0203. The second-order valence-corrected chi connectivity index (χ2v) is 20.9. The van der Waals surface area contributed by atoms with Gasteiger partial charge in [0.2, 0.25) is 47.3 Å². The van der Waals surface area contributed by atoms with Crippen LogP contribution < -0.4 is 64.6 Å². The van der Waals surface area contributed by atoms with Crippen molar-refractivity contribution in [2.75, 3.05) is 37.7 Å². The molecule has 0 radical (unpaired) electrons. The highest BCUT2D eigenvalue weighted by Gasteiger charge is 2.37. The third kappa shape index (κ3) is 17.6. The van der Waals surface area contributed by atoms with Crippen LogP contribution in [-0.2, 0) is 60.8 Å². The van der Waals surface area contributed by atoms with E-state index in [1.54, 1.807) is 60.8 Å². The van der Waals surface area contributed by atoms with Crippen LogP contribution in [0, 0.1) is 5.41 Å². The summed E-state index contributed by atoms with van der Waals surface area (Å²) in [5, 5.41) is 44.2. The van der Waals surface area contributed by atoms with Crippen LogP contribution in [0.15, 0.2) is 65.8 Å². The van der Waals surface area contributed by atoms with Crippen LogP contribution in [0.1, 0.15) is 43.2 Å². The number of guanidine groups is 1. The van der Waals surface area contributed by atoms with Crippen molar-refractivity contribution in [2.24, 2.45) is 16.5 Å². The van der Waals surface area contributed by atoms with Gasteiger partial charge >= 0.3 is 12.0 Å². The molecule has 2 fully saturated rings. The Morgan fingerprint density at radius 1 is 0.744 bits per heavy atom. The number of imide groups is 1. The van der Waals surface area contributed by atoms with Gasteiger partial charge in [-0.2, -0.15) is 0 Å². The SMILES string of the molecule is N=C(N)NCCC[C@@H]1NC(=O)[C@@H](Cc2ccccc2)NC(=O)[C@H](CC2CN=CN2)NC(=O)[C@H](CCC(=O)O)NC(=O)[C@@H](NC(=O)CN2C(=O)CNC2=O)CSSC[C@@H](C(N)=O)NC(=O)[C@H](Cc2c[nH]c3ccccc23)NC1=O. The molecule has 1 aromatic heterocycles. The first-order valence-corrected chi connectivity index (χ1v) is 27.2. The maximum absolute atomic E-state index is 14.7. The van der Waals surface area contributed by atoms with Crippen molar-refractivity contribution >= 4 is 110 Å². The molecule has 11 amide bonds. The Bertz CT molecular complexity index is 2740. The molecule has 4 heterocycles. The van der Waals surface area contributed by atoms with Gasteiger partial charge in [-0.1, -0.05) is 70.1 Å². The second kappa shape index (κ2) is 28.6. The molecule has 2 saturated heterocycles. The fourth-order valence-corrected chi connectivity index (χ4v) is 10.8. The number of rotatable bonds is 17. The van der Waals surface area contributed by atoms with E-state index in [9.17, 15) is 57.8 Å². The van der Waals surface area contributed by atoms with Crippen molar-refractivity contribution in [3.63, 3.8) is 0 Å².